The molecular weight excluding hydrogens is 392 g/mol. The molecule has 1 aliphatic rings. The van der Waals surface area contributed by atoms with Crippen molar-refractivity contribution in [3.8, 4) is 0 Å². The van der Waals surface area contributed by atoms with E-state index in [1.807, 2.05) is 6.92 Å². The number of aldehydes is 1. The van der Waals surface area contributed by atoms with Crippen LogP contribution in [-0.4, -0.2) is 41.9 Å². The Kier molecular flexibility index (Phi) is 8.05. The highest BCUT2D eigenvalue weighted by molar-refractivity contribution is 6.06. The van der Waals surface area contributed by atoms with Crippen molar-refractivity contribution in [2.75, 3.05) is 13.2 Å². The molecule has 0 aromatic heterocycles. The van der Waals surface area contributed by atoms with Gasteiger partial charge in [-0.1, -0.05) is 31.9 Å². The fraction of sp³-hybridized carbons (Fsp3) is 0.571. The van der Waals surface area contributed by atoms with Gasteiger partial charge in [0.2, 0.25) is 5.54 Å². The lowest BCUT2D eigenvalue weighted by Gasteiger charge is -2.31. The molecule has 164 valence electrons. The SMILES string of the molecule is CCCC[C@@H]1[C@@H](C=O)[C@@H](c2ccc([N+](=O)[O-])cc2)NC1(C(=O)OCC)C(=O)OCC. The van der Waals surface area contributed by atoms with Crippen molar-refractivity contribution >= 4 is 23.9 Å². The van der Waals surface area contributed by atoms with Gasteiger partial charge in [-0.15, -0.1) is 0 Å². The number of non-ortho nitro benzene ring substituents is 1. The summed E-state index contributed by atoms with van der Waals surface area (Å²) in [6, 6.07) is 5.01. The number of nitrogens with one attached hydrogen (secondary N) is 1. The first-order valence-corrected chi connectivity index (χ1v) is 10.2. The second-order valence-electron chi connectivity index (χ2n) is 7.18. The summed E-state index contributed by atoms with van der Waals surface area (Å²) < 4.78 is 10.5. The molecule has 1 heterocycles. The smallest absolute Gasteiger partial charge is 0.338 e. The molecule has 1 saturated heterocycles. The second kappa shape index (κ2) is 10.3. The van der Waals surface area contributed by atoms with Crippen molar-refractivity contribution in [3.63, 3.8) is 0 Å². The molecule has 0 saturated carbocycles. The minimum atomic E-state index is -1.82. The van der Waals surface area contributed by atoms with Gasteiger partial charge in [-0.3, -0.25) is 15.4 Å². The Bertz CT molecular complexity index is 760. The second-order valence-corrected chi connectivity index (χ2v) is 7.18. The summed E-state index contributed by atoms with van der Waals surface area (Å²) in [6.07, 6.45) is 2.68. The predicted molar refractivity (Wildman–Crippen MR) is 108 cm³/mol. The molecule has 1 N–H and O–H groups in total. The van der Waals surface area contributed by atoms with Gasteiger partial charge < -0.3 is 14.3 Å². The number of hydrogen-bond donors (Lipinski definition) is 1. The van der Waals surface area contributed by atoms with Crippen LogP contribution in [-0.2, 0) is 23.9 Å². The third kappa shape index (κ3) is 4.35. The number of unbranched alkanes of at least 4 members (excludes halogenated alkanes) is 1. The van der Waals surface area contributed by atoms with Crippen LogP contribution in [0, 0.1) is 22.0 Å². The summed E-state index contributed by atoms with van der Waals surface area (Å²) in [6.45, 7) is 5.38. The lowest BCUT2D eigenvalue weighted by molar-refractivity contribution is -0.384. The fourth-order valence-electron chi connectivity index (χ4n) is 4.08. The van der Waals surface area contributed by atoms with Crippen LogP contribution in [0.2, 0.25) is 0 Å². The van der Waals surface area contributed by atoms with Crippen LogP contribution in [0.15, 0.2) is 24.3 Å². The predicted octanol–water partition coefficient (Wildman–Crippen LogP) is 2.73. The van der Waals surface area contributed by atoms with Gasteiger partial charge in [0.05, 0.1) is 18.1 Å². The van der Waals surface area contributed by atoms with Gasteiger partial charge in [-0.05, 0) is 25.8 Å². The van der Waals surface area contributed by atoms with E-state index in [4.69, 9.17) is 9.47 Å². The Morgan fingerprint density at radius 2 is 1.70 bits per heavy atom. The van der Waals surface area contributed by atoms with Gasteiger partial charge >= 0.3 is 11.9 Å². The molecule has 1 aromatic carbocycles. The molecule has 1 fully saturated rings. The first kappa shape index (κ1) is 23.5. The average Bonchev–Trinajstić information content (AvgIpc) is 3.08. The lowest BCUT2D eigenvalue weighted by Crippen LogP contribution is -2.60. The molecule has 1 aromatic rings. The van der Waals surface area contributed by atoms with E-state index in [0.717, 1.165) is 12.7 Å². The molecule has 0 radical (unpaired) electrons. The van der Waals surface area contributed by atoms with E-state index in [1.165, 1.54) is 24.3 Å². The lowest BCUT2D eigenvalue weighted by atomic mass is 9.75. The Morgan fingerprint density at radius 3 is 2.13 bits per heavy atom. The Balaban J connectivity index is 2.57. The van der Waals surface area contributed by atoms with Crippen LogP contribution >= 0.6 is 0 Å². The number of benzene rings is 1. The van der Waals surface area contributed by atoms with E-state index >= 15 is 0 Å². The highest BCUT2D eigenvalue weighted by Crippen LogP contribution is 2.46. The average molecular weight is 420 g/mol. The van der Waals surface area contributed by atoms with E-state index in [9.17, 15) is 24.5 Å². The number of nitrogens with zero attached hydrogens (tertiary/aromatic N) is 1. The van der Waals surface area contributed by atoms with Gasteiger partial charge in [-0.25, -0.2) is 9.59 Å². The van der Waals surface area contributed by atoms with E-state index in [-0.39, 0.29) is 18.9 Å². The molecule has 9 heteroatoms. The zero-order chi connectivity index (χ0) is 22.3. The van der Waals surface area contributed by atoms with Crippen LogP contribution in [0.4, 0.5) is 5.69 Å². The van der Waals surface area contributed by atoms with Gasteiger partial charge in [0.15, 0.2) is 0 Å². The molecule has 30 heavy (non-hydrogen) atoms. The summed E-state index contributed by atoms with van der Waals surface area (Å²) in [7, 11) is 0. The quantitative estimate of drug-likeness (QED) is 0.201. The minimum absolute atomic E-state index is 0.0656. The number of ether oxygens (including phenoxy) is 2. The first-order chi connectivity index (χ1) is 14.4. The zero-order valence-electron chi connectivity index (χ0n) is 17.5. The molecule has 0 unspecified atom stereocenters. The molecule has 1 aliphatic heterocycles. The Morgan fingerprint density at radius 1 is 1.13 bits per heavy atom. The number of hydrogen-bond acceptors (Lipinski definition) is 8. The van der Waals surface area contributed by atoms with E-state index < -0.39 is 40.3 Å². The summed E-state index contributed by atoms with van der Waals surface area (Å²) >= 11 is 0. The molecule has 0 spiro atoms. The summed E-state index contributed by atoms with van der Waals surface area (Å²) in [5.74, 6) is -2.94. The van der Waals surface area contributed by atoms with Gasteiger partial charge in [0.25, 0.3) is 5.69 Å². The Hall–Kier alpha value is -2.81. The first-order valence-electron chi connectivity index (χ1n) is 10.2. The number of nitro groups is 1. The Labute approximate surface area is 175 Å². The number of carbonyl (C=O) groups excluding carboxylic acids is 3. The van der Waals surface area contributed by atoms with Gasteiger partial charge in [0, 0.05) is 30.0 Å². The normalized spacial score (nSPS) is 22.3. The molecule has 2 rings (SSSR count). The zero-order valence-corrected chi connectivity index (χ0v) is 17.5. The molecule has 3 atom stereocenters. The van der Waals surface area contributed by atoms with Crippen molar-refractivity contribution in [1.29, 1.82) is 0 Å². The van der Waals surface area contributed by atoms with Crippen LogP contribution in [0.1, 0.15) is 51.6 Å². The van der Waals surface area contributed by atoms with Crippen molar-refractivity contribution in [2.24, 2.45) is 11.8 Å². The maximum atomic E-state index is 13.0. The fourth-order valence-corrected chi connectivity index (χ4v) is 4.08. The van der Waals surface area contributed by atoms with Crippen molar-refractivity contribution in [1.82, 2.24) is 5.32 Å². The van der Waals surface area contributed by atoms with Gasteiger partial charge in [0.1, 0.15) is 6.29 Å². The van der Waals surface area contributed by atoms with Crippen molar-refractivity contribution < 1.29 is 28.8 Å². The third-order valence-corrected chi connectivity index (χ3v) is 5.47. The maximum Gasteiger partial charge on any atom is 0.338 e. The van der Waals surface area contributed by atoms with Crippen LogP contribution in [0.25, 0.3) is 0 Å². The molecule has 0 aliphatic carbocycles. The number of esters is 2. The van der Waals surface area contributed by atoms with Crippen LogP contribution in [0.3, 0.4) is 0 Å². The van der Waals surface area contributed by atoms with Crippen LogP contribution < -0.4 is 5.32 Å². The van der Waals surface area contributed by atoms with E-state index in [0.29, 0.717) is 18.4 Å². The van der Waals surface area contributed by atoms with Crippen molar-refractivity contribution in [3.05, 3.63) is 39.9 Å². The number of carbonyl (C=O) groups is 3. The maximum absolute atomic E-state index is 13.0. The highest BCUT2D eigenvalue weighted by Gasteiger charge is 2.64. The van der Waals surface area contributed by atoms with Crippen LogP contribution in [0.5, 0.6) is 0 Å². The monoisotopic (exact) mass is 420 g/mol. The molecular formula is C21H28N2O7. The summed E-state index contributed by atoms with van der Waals surface area (Å²) in [5.41, 5.74) is -1.35. The molecule has 9 nitrogen and oxygen atoms in total. The van der Waals surface area contributed by atoms with Gasteiger partial charge in [-0.2, -0.15) is 0 Å². The molecule has 0 amide bonds. The van der Waals surface area contributed by atoms with Crippen molar-refractivity contribution in [2.45, 2.75) is 51.6 Å². The minimum Gasteiger partial charge on any atom is -0.464 e. The number of rotatable bonds is 10. The van der Waals surface area contributed by atoms with E-state index in [1.54, 1.807) is 13.8 Å². The highest BCUT2D eigenvalue weighted by atomic mass is 16.6. The number of nitro benzene ring substituents is 1. The largest absolute Gasteiger partial charge is 0.464 e. The summed E-state index contributed by atoms with van der Waals surface area (Å²) in [5, 5.41) is 14.0. The third-order valence-electron chi connectivity index (χ3n) is 5.47. The summed E-state index contributed by atoms with van der Waals surface area (Å²) in [4.78, 5) is 48.7. The molecule has 0 bridgehead atoms. The standard InChI is InChI=1S/C21H28N2O7/c1-4-7-8-17-16(13-24)18(14-9-11-15(12-10-14)23(27)28)22-21(17,19(25)29-5-2)20(26)30-6-3/h9-13,16-18,22H,4-8H2,1-3H3/t16-,17-,18-/m1/s1. The topological polar surface area (TPSA) is 125 Å². The van der Waals surface area contributed by atoms with E-state index in [2.05, 4.69) is 5.32 Å².